The van der Waals surface area contributed by atoms with E-state index in [0.717, 1.165) is 14.9 Å². The maximum absolute atomic E-state index is 12.1. The molecule has 0 aliphatic heterocycles. The van der Waals surface area contributed by atoms with Gasteiger partial charge in [-0.15, -0.1) is 11.3 Å². The van der Waals surface area contributed by atoms with Crippen molar-refractivity contribution in [3.05, 3.63) is 75.8 Å². The molecular weight excluding hydrogens is 390 g/mol. The van der Waals surface area contributed by atoms with Crippen LogP contribution in [0.15, 0.2) is 65.3 Å². The second-order valence-corrected chi connectivity index (χ2v) is 6.79. The summed E-state index contributed by atoms with van der Waals surface area (Å²) in [6, 6.07) is 16.4. The zero-order valence-electron chi connectivity index (χ0n) is 12.3. The van der Waals surface area contributed by atoms with E-state index in [1.54, 1.807) is 24.3 Å². The van der Waals surface area contributed by atoms with Crippen LogP contribution in [-0.2, 0) is 0 Å². The van der Waals surface area contributed by atoms with Gasteiger partial charge in [-0.2, -0.15) is 0 Å². The third kappa shape index (κ3) is 3.87. The molecule has 2 N–H and O–H groups in total. The molecule has 2 aromatic heterocycles. The highest BCUT2D eigenvalue weighted by atomic mass is 79.9. The summed E-state index contributed by atoms with van der Waals surface area (Å²) in [6.45, 7) is 0. The summed E-state index contributed by atoms with van der Waals surface area (Å²) in [5.74, 6) is -0.832. The fourth-order valence-corrected chi connectivity index (χ4v) is 3.14. The average Bonchev–Trinajstić information content (AvgIpc) is 3.11. The van der Waals surface area contributed by atoms with Gasteiger partial charge in [0.05, 0.1) is 4.88 Å². The summed E-state index contributed by atoms with van der Waals surface area (Å²) in [7, 11) is 0. The lowest BCUT2D eigenvalue weighted by atomic mass is 10.2. The smallest absolute Gasteiger partial charge is 0.266 e. The van der Waals surface area contributed by atoms with Crippen LogP contribution in [0.25, 0.3) is 10.4 Å². The van der Waals surface area contributed by atoms with Gasteiger partial charge in [-0.05, 0) is 42.0 Å². The van der Waals surface area contributed by atoms with Crippen molar-refractivity contribution < 1.29 is 9.59 Å². The van der Waals surface area contributed by atoms with E-state index >= 15 is 0 Å². The lowest BCUT2D eigenvalue weighted by Crippen LogP contribution is -2.41. The van der Waals surface area contributed by atoms with Crippen LogP contribution >= 0.6 is 27.3 Å². The first-order chi connectivity index (χ1) is 11.6. The average molecular weight is 402 g/mol. The molecule has 0 radical (unpaired) electrons. The molecule has 0 spiro atoms. The van der Waals surface area contributed by atoms with Crippen molar-refractivity contribution in [1.82, 2.24) is 15.8 Å². The second-order valence-electron chi connectivity index (χ2n) is 4.79. The van der Waals surface area contributed by atoms with Crippen LogP contribution in [0.5, 0.6) is 0 Å². The number of nitrogens with zero attached hydrogens (tertiary/aromatic N) is 1. The van der Waals surface area contributed by atoms with Crippen molar-refractivity contribution in [3.8, 4) is 10.4 Å². The summed E-state index contributed by atoms with van der Waals surface area (Å²) in [6.07, 6.45) is 1.51. The SMILES string of the molecule is O=C(NNC(=O)c1ccc(-c2ccc(Br)cc2)s1)c1ccccn1. The number of hydrogen-bond acceptors (Lipinski definition) is 4. The van der Waals surface area contributed by atoms with E-state index in [0.29, 0.717) is 4.88 Å². The molecule has 1 aromatic carbocycles. The maximum Gasteiger partial charge on any atom is 0.288 e. The lowest BCUT2D eigenvalue weighted by Gasteiger charge is -2.05. The number of rotatable bonds is 3. The molecule has 0 atom stereocenters. The van der Waals surface area contributed by atoms with Gasteiger partial charge in [0.15, 0.2) is 0 Å². The Kier molecular flexibility index (Phi) is 5.02. The number of amides is 2. The van der Waals surface area contributed by atoms with Crippen LogP contribution in [0.4, 0.5) is 0 Å². The number of halogens is 1. The summed E-state index contributed by atoms with van der Waals surface area (Å²) < 4.78 is 0.998. The summed E-state index contributed by atoms with van der Waals surface area (Å²) >= 11 is 4.75. The minimum absolute atomic E-state index is 0.236. The quantitative estimate of drug-likeness (QED) is 0.657. The number of hydrazine groups is 1. The van der Waals surface area contributed by atoms with Gasteiger partial charge >= 0.3 is 0 Å². The van der Waals surface area contributed by atoms with Crippen molar-refractivity contribution in [2.24, 2.45) is 0 Å². The Hall–Kier alpha value is -2.51. The van der Waals surface area contributed by atoms with Crippen LogP contribution in [0, 0.1) is 0 Å². The molecule has 120 valence electrons. The predicted molar refractivity (Wildman–Crippen MR) is 96.6 cm³/mol. The Morgan fingerprint density at radius 2 is 1.67 bits per heavy atom. The molecule has 0 saturated carbocycles. The van der Waals surface area contributed by atoms with E-state index in [1.807, 2.05) is 30.3 Å². The van der Waals surface area contributed by atoms with Crippen LogP contribution in [0.3, 0.4) is 0 Å². The number of nitrogens with one attached hydrogen (secondary N) is 2. The van der Waals surface area contributed by atoms with Crippen molar-refractivity contribution in [2.75, 3.05) is 0 Å². The number of thiophene rings is 1. The molecule has 24 heavy (non-hydrogen) atoms. The largest absolute Gasteiger partial charge is 0.288 e. The first-order valence-corrected chi connectivity index (χ1v) is 8.62. The molecule has 3 aromatic rings. The normalized spacial score (nSPS) is 10.2. The van der Waals surface area contributed by atoms with Gasteiger partial charge in [0.1, 0.15) is 5.69 Å². The highest BCUT2D eigenvalue weighted by molar-refractivity contribution is 9.10. The van der Waals surface area contributed by atoms with Crippen molar-refractivity contribution >= 4 is 39.1 Å². The highest BCUT2D eigenvalue weighted by Crippen LogP contribution is 2.28. The summed E-state index contributed by atoms with van der Waals surface area (Å²) in [4.78, 5) is 29.4. The first kappa shape index (κ1) is 16.4. The highest BCUT2D eigenvalue weighted by Gasteiger charge is 2.12. The Bertz CT molecular complexity index is 863. The van der Waals surface area contributed by atoms with E-state index in [4.69, 9.17) is 0 Å². The maximum atomic E-state index is 12.1. The van der Waals surface area contributed by atoms with Crippen molar-refractivity contribution in [1.29, 1.82) is 0 Å². The molecule has 0 aliphatic rings. The molecule has 0 saturated heterocycles. The minimum atomic E-state index is -0.464. The zero-order valence-corrected chi connectivity index (χ0v) is 14.7. The molecule has 0 aliphatic carbocycles. The van der Waals surface area contributed by atoms with Gasteiger partial charge in [-0.25, -0.2) is 0 Å². The zero-order chi connectivity index (χ0) is 16.9. The fourth-order valence-electron chi connectivity index (χ4n) is 1.97. The number of carbonyl (C=O) groups excluding carboxylic acids is 2. The monoisotopic (exact) mass is 401 g/mol. The summed E-state index contributed by atoms with van der Waals surface area (Å²) in [5, 5.41) is 0. The second kappa shape index (κ2) is 7.37. The van der Waals surface area contributed by atoms with Crippen molar-refractivity contribution in [2.45, 2.75) is 0 Å². The van der Waals surface area contributed by atoms with Gasteiger partial charge in [-0.3, -0.25) is 25.4 Å². The van der Waals surface area contributed by atoms with Gasteiger partial charge in [0.25, 0.3) is 11.8 Å². The first-order valence-electron chi connectivity index (χ1n) is 7.01. The lowest BCUT2D eigenvalue weighted by molar-refractivity contribution is 0.0846. The third-order valence-corrected chi connectivity index (χ3v) is 4.81. The van der Waals surface area contributed by atoms with Crippen molar-refractivity contribution in [3.63, 3.8) is 0 Å². The molecule has 3 rings (SSSR count). The third-order valence-electron chi connectivity index (χ3n) is 3.15. The van der Waals surface area contributed by atoms with Crippen LogP contribution in [0.2, 0.25) is 0 Å². The number of benzene rings is 1. The molecule has 5 nitrogen and oxygen atoms in total. The molecule has 7 heteroatoms. The van der Waals surface area contributed by atoms with Gasteiger partial charge < -0.3 is 0 Å². The van der Waals surface area contributed by atoms with E-state index < -0.39 is 5.91 Å². The molecule has 0 bridgehead atoms. The summed E-state index contributed by atoms with van der Waals surface area (Å²) in [5.41, 5.74) is 6.01. The van der Waals surface area contributed by atoms with Gasteiger partial charge in [0, 0.05) is 15.5 Å². The minimum Gasteiger partial charge on any atom is -0.266 e. The van der Waals surface area contributed by atoms with E-state index in [1.165, 1.54) is 17.5 Å². The topological polar surface area (TPSA) is 71.1 Å². The van der Waals surface area contributed by atoms with Crippen LogP contribution in [-0.4, -0.2) is 16.8 Å². The predicted octanol–water partition coefficient (Wildman–Crippen LogP) is 3.65. The molecule has 2 amide bonds. The fraction of sp³-hybridized carbons (Fsp3) is 0. The van der Waals surface area contributed by atoms with Gasteiger partial charge in [0.2, 0.25) is 0 Å². The van der Waals surface area contributed by atoms with E-state index in [9.17, 15) is 9.59 Å². The number of carbonyl (C=O) groups is 2. The molecule has 2 heterocycles. The van der Waals surface area contributed by atoms with E-state index in [2.05, 4.69) is 31.8 Å². The Balaban J connectivity index is 1.64. The Morgan fingerprint density at radius 1 is 0.917 bits per heavy atom. The van der Waals surface area contributed by atoms with Crippen LogP contribution in [0.1, 0.15) is 20.2 Å². The van der Waals surface area contributed by atoms with E-state index in [-0.39, 0.29) is 11.6 Å². The standard InChI is InChI=1S/C17H12BrN3O2S/c18-12-6-4-11(5-7-12)14-8-9-15(24-14)17(23)21-20-16(22)13-3-1-2-10-19-13/h1-10H,(H,20,22)(H,21,23). The molecule has 0 fully saturated rings. The van der Waals surface area contributed by atoms with Crippen LogP contribution < -0.4 is 10.9 Å². The number of aromatic nitrogens is 1. The van der Waals surface area contributed by atoms with Gasteiger partial charge in [-0.1, -0.05) is 34.1 Å². The number of pyridine rings is 1. The molecular formula is C17H12BrN3O2S. The Morgan fingerprint density at radius 3 is 2.38 bits per heavy atom. The molecule has 0 unspecified atom stereocenters. The number of hydrogen-bond donors (Lipinski definition) is 2. The Labute approximate surface area is 150 Å².